The number of hydrogen-bond donors (Lipinski definition) is 0. The molecule has 0 aliphatic carbocycles. The first-order valence-corrected chi connectivity index (χ1v) is 11.5. The molecule has 136 valence electrons. The third kappa shape index (κ3) is 3.87. The fourth-order valence-corrected chi connectivity index (χ4v) is 4.60. The molecule has 3 aromatic rings. The van der Waals surface area contributed by atoms with Crippen LogP contribution in [0.15, 0.2) is 51.4 Å². The average Bonchev–Trinajstić information content (AvgIpc) is 3.30. The minimum atomic E-state index is -3.23. The van der Waals surface area contributed by atoms with E-state index in [1.807, 2.05) is 23.8 Å². The summed E-state index contributed by atoms with van der Waals surface area (Å²) in [6, 6.07) is 8.38. The Labute approximate surface area is 160 Å². The van der Waals surface area contributed by atoms with Crippen molar-refractivity contribution in [2.75, 3.05) is 13.3 Å². The van der Waals surface area contributed by atoms with E-state index in [1.54, 1.807) is 52.9 Å². The highest BCUT2D eigenvalue weighted by Crippen LogP contribution is 2.27. The predicted molar refractivity (Wildman–Crippen MR) is 105 cm³/mol. The molecule has 1 unspecified atom stereocenters. The highest BCUT2D eigenvalue weighted by Gasteiger charge is 2.22. The topological polar surface area (TPSA) is 67.3 Å². The van der Waals surface area contributed by atoms with Gasteiger partial charge >= 0.3 is 0 Å². The van der Waals surface area contributed by atoms with Crippen LogP contribution in [0.3, 0.4) is 0 Å². The van der Waals surface area contributed by atoms with Crippen molar-refractivity contribution >= 4 is 38.4 Å². The summed E-state index contributed by atoms with van der Waals surface area (Å²) in [5.74, 6) is -0.164. The third-order valence-electron chi connectivity index (χ3n) is 4.18. The van der Waals surface area contributed by atoms with Gasteiger partial charge in [-0.15, -0.1) is 11.3 Å². The highest BCUT2D eigenvalue weighted by molar-refractivity contribution is 7.90. The van der Waals surface area contributed by atoms with Gasteiger partial charge in [-0.1, -0.05) is 12.1 Å². The number of amides is 1. The van der Waals surface area contributed by atoms with Crippen molar-refractivity contribution in [2.24, 2.45) is 0 Å². The predicted octanol–water partition coefficient (Wildman–Crippen LogP) is 4.11. The Balaban J connectivity index is 1.77. The zero-order chi connectivity index (χ0) is 18.9. The Morgan fingerprint density at radius 1 is 1.15 bits per heavy atom. The summed E-state index contributed by atoms with van der Waals surface area (Å²) < 4.78 is 23.1. The lowest BCUT2D eigenvalue weighted by atomic mass is 10.1. The Kier molecular flexibility index (Phi) is 5.27. The average molecular weight is 407 g/mol. The van der Waals surface area contributed by atoms with Gasteiger partial charge in [0.1, 0.15) is 10.7 Å². The van der Waals surface area contributed by atoms with Crippen molar-refractivity contribution in [1.29, 1.82) is 0 Å². The fourth-order valence-electron chi connectivity index (χ4n) is 2.46. The van der Waals surface area contributed by atoms with Gasteiger partial charge in [-0.25, -0.2) is 13.4 Å². The largest absolute Gasteiger partial charge is 0.334 e. The molecular weight excluding hydrogens is 388 g/mol. The molecule has 0 bridgehead atoms. The Morgan fingerprint density at radius 3 is 2.42 bits per heavy atom. The molecular formula is C18H18N2O3S3. The van der Waals surface area contributed by atoms with Gasteiger partial charge in [-0.3, -0.25) is 4.79 Å². The summed E-state index contributed by atoms with van der Waals surface area (Å²) in [6.07, 6.45) is 1.17. The molecule has 1 amide bonds. The van der Waals surface area contributed by atoms with Crippen LogP contribution in [-0.4, -0.2) is 37.5 Å². The zero-order valence-corrected chi connectivity index (χ0v) is 17.0. The lowest BCUT2D eigenvalue weighted by molar-refractivity contribution is 0.0737. The first-order chi connectivity index (χ1) is 12.3. The van der Waals surface area contributed by atoms with Crippen molar-refractivity contribution in [3.05, 3.63) is 57.7 Å². The summed E-state index contributed by atoms with van der Waals surface area (Å²) >= 11 is 3.04. The quantitative estimate of drug-likeness (QED) is 0.639. The van der Waals surface area contributed by atoms with Crippen LogP contribution in [0, 0.1) is 0 Å². The van der Waals surface area contributed by atoms with Crippen LogP contribution in [0.4, 0.5) is 0 Å². The molecule has 3 rings (SSSR count). The van der Waals surface area contributed by atoms with Gasteiger partial charge in [0.05, 0.1) is 10.9 Å². The van der Waals surface area contributed by atoms with Gasteiger partial charge < -0.3 is 4.90 Å². The Bertz CT molecular complexity index is 1010. The van der Waals surface area contributed by atoms with Gasteiger partial charge in [0.15, 0.2) is 9.84 Å². The molecule has 0 aliphatic rings. The van der Waals surface area contributed by atoms with E-state index in [0.717, 1.165) is 16.1 Å². The van der Waals surface area contributed by atoms with E-state index in [4.69, 9.17) is 0 Å². The molecule has 5 nitrogen and oxygen atoms in total. The van der Waals surface area contributed by atoms with Crippen molar-refractivity contribution in [1.82, 2.24) is 9.88 Å². The van der Waals surface area contributed by atoms with Gasteiger partial charge in [0.25, 0.3) is 5.91 Å². The molecule has 1 aromatic carbocycles. The van der Waals surface area contributed by atoms with Gasteiger partial charge in [-0.05, 0) is 36.1 Å². The first-order valence-electron chi connectivity index (χ1n) is 7.82. The van der Waals surface area contributed by atoms with Crippen molar-refractivity contribution in [3.63, 3.8) is 0 Å². The highest BCUT2D eigenvalue weighted by atomic mass is 32.2. The molecule has 0 fully saturated rings. The zero-order valence-electron chi connectivity index (χ0n) is 14.5. The number of hydrogen-bond acceptors (Lipinski definition) is 6. The number of nitrogens with zero attached hydrogens (tertiary/aromatic N) is 2. The molecule has 0 radical (unpaired) electrons. The fraction of sp³-hybridized carbons (Fsp3) is 0.222. The molecule has 0 spiro atoms. The second-order valence-electron chi connectivity index (χ2n) is 5.98. The normalized spacial score (nSPS) is 12.7. The summed E-state index contributed by atoms with van der Waals surface area (Å²) in [5.41, 5.74) is 2.30. The number of benzene rings is 1. The minimum absolute atomic E-state index is 0.164. The first kappa shape index (κ1) is 18.8. The lowest BCUT2D eigenvalue weighted by Gasteiger charge is -2.24. The van der Waals surface area contributed by atoms with Crippen molar-refractivity contribution in [3.8, 4) is 10.6 Å². The number of carbonyl (C=O) groups is 1. The number of rotatable bonds is 5. The lowest BCUT2D eigenvalue weighted by Crippen LogP contribution is -2.29. The van der Waals surface area contributed by atoms with Crippen LogP contribution >= 0.6 is 22.7 Å². The molecule has 0 saturated carbocycles. The molecule has 1 atom stereocenters. The number of thiazole rings is 1. The minimum Gasteiger partial charge on any atom is -0.334 e. The third-order valence-corrected chi connectivity index (χ3v) is 6.89. The maximum atomic E-state index is 12.7. The maximum Gasteiger partial charge on any atom is 0.273 e. The Hall–Kier alpha value is -2.03. The summed E-state index contributed by atoms with van der Waals surface area (Å²) in [5, 5.41) is 6.58. The van der Waals surface area contributed by atoms with Gasteiger partial charge in [0.2, 0.25) is 0 Å². The monoisotopic (exact) mass is 406 g/mol. The Morgan fingerprint density at radius 2 is 1.85 bits per heavy atom. The van der Waals surface area contributed by atoms with E-state index in [0.29, 0.717) is 5.69 Å². The maximum absolute atomic E-state index is 12.7. The smallest absolute Gasteiger partial charge is 0.273 e. The number of thiophene rings is 1. The van der Waals surface area contributed by atoms with Crippen LogP contribution in [0.2, 0.25) is 0 Å². The summed E-state index contributed by atoms with van der Waals surface area (Å²) in [7, 11) is -1.51. The molecule has 2 aromatic heterocycles. The summed E-state index contributed by atoms with van der Waals surface area (Å²) in [4.78, 5) is 19.1. The van der Waals surface area contributed by atoms with E-state index in [1.165, 1.54) is 17.6 Å². The van der Waals surface area contributed by atoms with Crippen LogP contribution < -0.4 is 0 Å². The number of aromatic nitrogens is 1. The molecule has 0 aliphatic heterocycles. The van der Waals surface area contributed by atoms with Crippen LogP contribution in [0.5, 0.6) is 0 Å². The molecule has 0 N–H and O–H groups in total. The second kappa shape index (κ2) is 7.30. The number of carbonyl (C=O) groups excluding carboxylic acids is 1. The van der Waals surface area contributed by atoms with Crippen molar-refractivity contribution < 1.29 is 13.2 Å². The van der Waals surface area contributed by atoms with Gasteiger partial charge in [0, 0.05) is 29.6 Å². The standard InChI is InChI=1S/C18H18N2O3S3/c1-12(13-4-6-15(7-5-13)26(3,22)23)20(2)18(21)16-11-25-17(19-16)14-8-9-24-10-14/h4-12H,1-3H3. The molecule has 26 heavy (non-hydrogen) atoms. The van der Waals surface area contributed by atoms with E-state index in [2.05, 4.69) is 4.98 Å². The van der Waals surface area contributed by atoms with E-state index >= 15 is 0 Å². The van der Waals surface area contributed by atoms with Crippen LogP contribution in [-0.2, 0) is 9.84 Å². The molecule has 0 saturated heterocycles. The van der Waals surface area contributed by atoms with Crippen LogP contribution in [0.25, 0.3) is 10.6 Å². The van der Waals surface area contributed by atoms with Crippen molar-refractivity contribution in [2.45, 2.75) is 17.9 Å². The second-order valence-corrected chi connectivity index (χ2v) is 9.64. The number of sulfone groups is 1. The van der Waals surface area contributed by atoms with E-state index in [-0.39, 0.29) is 16.8 Å². The molecule has 8 heteroatoms. The van der Waals surface area contributed by atoms with Crippen LogP contribution in [0.1, 0.15) is 29.0 Å². The SMILES string of the molecule is CC(c1ccc(S(C)(=O)=O)cc1)N(C)C(=O)c1csc(-c2ccsc2)n1. The van der Waals surface area contributed by atoms with E-state index < -0.39 is 9.84 Å². The van der Waals surface area contributed by atoms with E-state index in [9.17, 15) is 13.2 Å². The van der Waals surface area contributed by atoms with Gasteiger partial charge in [-0.2, -0.15) is 11.3 Å². The summed E-state index contributed by atoms with van der Waals surface area (Å²) in [6.45, 7) is 1.90. The molecule has 2 heterocycles.